The van der Waals surface area contributed by atoms with Crippen LogP contribution in [0.3, 0.4) is 0 Å². The molecule has 218 valence electrons. The second kappa shape index (κ2) is 14.4. The minimum absolute atomic E-state index is 0.0160. The zero-order valence-corrected chi connectivity index (χ0v) is 24.1. The summed E-state index contributed by atoms with van der Waals surface area (Å²) < 4.78 is 36.0. The molecule has 13 heteroatoms. The van der Waals surface area contributed by atoms with Crippen LogP contribution in [-0.2, 0) is 37.7 Å². The number of rotatable bonds is 14. The standard InChI is InChI=1S/C27H36ClN5O6S/c1-18(2)13-22(32-40(37,38)31-15-19-7-4-3-5-8-19)27(36)33-12-6-9-23(33)26(35)30-16-20-14-21(28)10-11-24(20)39-17-25(29)34/h3-5,7-8,10-11,14,18,22-23,31-32H,6,9,12-13,15-17H2,1-2H3,(H2,29,34)(H,30,35)/t22-,23-/m0/s1. The molecule has 0 radical (unpaired) electrons. The Hall–Kier alpha value is -3.19. The van der Waals surface area contributed by atoms with Gasteiger partial charge in [0.25, 0.3) is 16.1 Å². The molecule has 5 N–H and O–H groups in total. The van der Waals surface area contributed by atoms with E-state index in [9.17, 15) is 22.8 Å². The molecule has 3 rings (SSSR count). The molecule has 2 atom stereocenters. The van der Waals surface area contributed by atoms with Crippen molar-refractivity contribution in [1.29, 1.82) is 0 Å². The average Bonchev–Trinajstić information content (AvgIpc) is 3.39. The van der Waals surface area contributed by atoms with Crippen molar-refractivity contribution in [2.45, 2.75) is 58.3 Å². The second-order valence-electron chi connectivity index (χ2n) is 10.0. The molecule has 1 aliphatic rings. The number of hydrogen-bond donors (Lipinski definition) is 4. The van der Waals surface area contributed by atoms with Gasteiger partial charge in [-0.1, -0.05) is 55.8 Å². The summed E-state index contributed by atoms with van der Waals surface area (Å²) in [4.78, 5) is 39.3. The van der Waals surface area contributed by atoms with Gasteiger partial charge in [0.1, 0.15) is 17.8 Å². The van der Waals surface area contributed by atoms with Crippen molar-refractivity contribution in [3.8, 4) is 5.75 Å². The third-order valence-electron chi connectivity index (χ3n) is 6.30. The first-order valence-corrected chi connectivity index (χ1v) is 14.9. The lowest BCUT2D eigenvalue weighted by atomic mass is 10.0. The van der Waals surface area contributed by atoms with E-state index in [1.807, 2.05) is 32.0 Å². The zero-order chi connectivity index (χ0) is 29.3. The molecule has 40 heavy (non-hydrogen) atoms. The van der Waals surface area contributed by atoms with Crippen molar-refractivity contribution < 1.29 is 27.5 Å². The molecule has 0 aliphatic carbocycles. The van der Waals surface area contributed by atoms with Crippen LogP contribution in [0, 0.1) is 5.92 Å². The van der Waals surface area contributed by atoms with Crippen LogP contribution in [0.1, 0.15) is 44.2 Å². The molecule has 0 spiro atoms. The molecule has 1 fully saturated rings. The van der Waals surface area contributed by atoms with E-state index in [1.54, 1.807) is 30.3 Å². The van der Waals surface area contributed by atoms with Crippen molar-refractivity contribution in [1.82, 2.24) is 19.7 Å². The van der Waals surface area contributed by atoms with Crippen molar-refractivity contribution >= 4 is 39.5 Å². The lowest BCUT2D eigenvalue weighted by Gasteiger charge is -2.29. The monoisotopic (exact) mass is 593 g/mol. The summed E-state index contributed by atoms with van der Waals surface area (Å²) in [6.45, 7) is 3.89. The molecule has 3 amide bonds. The maximum atomic E-state index is 13.6. The molecule has 2 aromatic rings. The van der Waals surface area contributed by atoms with Gasteiger partial charge >= 0.3 is 0 Å². The number of carbonyl (C=O) groups is 3. The second-order valence-corrected chi connectivity index (χ2v) is 12.0. The highest BCUT2D eigenvalue weighted by atomic mass is 35.5. The van der Waals surface area contributed by atoms with Gasteiger partial charge in [0.05, 0.1) is 0 Å². The van der Waals surface area contributed by atoms with E-state index in [4.69, 9.17) is 22.1 Å². The third kappa shape index (κ3) is 9.47. The fourth-order valence-electron chi connectivity index (χ4n) is 4.45. The molecule has 0 aromatic heterocycles. The zero-order valence-electron chi connectivity index (χ0n) is 22.6. The van der Waals surface area contributed by atoms with Crippen LogP contribution in [0.2, 0.25) is 5.02 Å². The number of amides is 3. The number of hydrogen-bond acceptors (Lipinski definition) is 6. The summed E-state index contributed by atoms with van der Waals surface area (Å²) >= 11 is 6.10. The first kappa shape index (κ1) is 31.3. The Bertz CT molecular complexity index is 1290. The number of nitrogens with two attached hydrogens (primary N) is 1. The normalized spacial score (nSPS) is 16.1. The van der Waals surface area contributed by atoms with E-state index in [0.29, 0.717) is 35.7 Å². The Morgan fingerprint density at radius 3 is 2.52 bits per heavy atom. The number of carbonyl (C=O) groups excluding carboxylic acids is 3. The van der Waals surface area contributed by atoms with Gasteiger partial charge in [0.15, 0.2) is 6.61 Å². The third-order valence-corrected chi connectivity index (χ3v) is 7.65. The lowest BCUT2D eigenvalue weighted by molar-refractivity contribution is -0.140. The molecule has 11 nitrogen and oxygen atoms in total. The first-order chi connectivity index (χ1) is 18.9. The van der Waals surface area contributed by atoms with Crippen molar-refractivity contribution in [2.75, 3.05) is 13.2 Å². The van der Waals surface area contributed by atoms with E-state index in [1.165, 1.54) is 4.90 Å². The number of benzene rings is 2. The van der Waals surface area contributed by atoms with Crippen LogP contribution in [0.15, 0.2) is 48.5 Å². The molecule has 1 heterocycles. The molecule has 2 aromatic carbocycles. The Kier molecular flexibility index (Phi) is 11.3. The molecule has 1 aliphatic heterocycles. The summed E-state index contributed by atoms with van der Waals surface area (Å²) in [5.74, 6) is -1.13. The Balaban J connectivity index is 1.67. The van der Waals surface area contributed by atoms with Crippen molar-refractivity contribution in [3.05, 3.63) is 64.7 Å². The highest BCUT2D eigenvalue weighted by Crippen LogP contribution is 2.24. The highest BCUT2D eigenvalue weighted by Gasteiger charge is 2.38. The number of likely N-dealkylation sites (tertiary alicyclic amines) is 1. The first-order valence-electron chi connectivity index (χ1n) is 13.0. The summed E-state index contributed by atoms with van der Waals surface area (Å²) in [7, 11) is -4.01. The molecule has 0 unspecified atom stereocenters. The van der Waals surface area contributed by atoms with Gasteiger partial charge in [-0.2, -0.15) is 17.9 Å². The smallest absolute Gasteiger partial charge is 0.277 e. The summed E-state index contributed by atoms with van der Waals surface area (Å²) in [6, 6.07) is 12.0. The average molecular weight is 594 g/mol. The largest absolute Gasteiger partial charge is 0.483 e. The number of halogens is 1. The fourth-order valence-corrected chi connectivity index (χ4v) is 5.66. The maximum Gasteiger partial charge on any atom is 0.277 e. The number of nitrogens with one attached hydrogen (secondary N) is 3. The minimum Gasteiger partial charge on any atom is -0.483 e. The van der Waals surface area contributed by atoms with Crippen molar-refractivity contribution in [2.24, 2.45) is 11.7 Å². The van der Waals surface area contributed by atoms with Gasteiger partial charge in [0, 0.05) is 30.2 Å². The molecule has 0 bridgehead atoms. The molecule has 0 saturated carbocycles. The van der Waals surface area contributed by atoms with E-state index >= 15 is 0 Å². The number of primary amides is 1. The summed E-state index contributed by atoms with van der Waals surface area (Å²) in [6.07, 6.45) is 1.30. The van der Waals surface area contributed by atoms with Gasteiger partial charge in [0.2, 0.25) is 11.8 Å². The predicted octanol–water partition coefficient (Wildman–Crippen LogP) is 1.85. The van der Waals surface area contributed by atoms with Gasteiger partial charge < -0.3 is 20.7 Å². The topological polar surface area (TPSA) is 160 Å². The molecular formula is C27H36ClN5O6S. The van der Waals surface area contributed by atoms with Crippen LogP contribution < -0.4 is 25.2 Å². The molecule has 1 saturated heterocycles. The van der Waals surface area contributed by atoms with E-state index < -0.39 is 34.1 Å². The Labute approximate surface area is 240 Å². The van der Waals surface area contributed by atoms with Crippen LogP contribution in [0.5, 0.6) is 5.75 Å². The quantitative estimate of drug-likeness (QED) is 0.261. The van der Waals surface area contributed by atoms with Crippen LogP contribution >= 0.6 is 11.6 Å². The van der Waals surface area contributed by atoms with Gasteiger partial charge in [-0.05, 0) is 48.9 Å². The predicted molar refractivity (Wildman–Crippen MR) is 151 cm³/mol. The van der Waals surface area contributed by atoms with Crippen LogP contribution in [0.4, 0.5) is 0 Å². The minimum atomic E-state index is -4.01. The Morgan fingerprint density at radius 1 is 1.12 bits per heavy atom. The lowest BCUT2D eigenvalue weighted by Crippen LogP contribution is -2.55. The van der Waals surface area contributed by atoms with Gasteiger partial charge in [-0.3, -0.25) is 14.4 Å². The Morgan fingerprint density at radius 2 is 1.85 bits per heavy atom. The summed E-state index contributed by atoms with van der Waals surface area (Å²) in [5, 5.41) is 3.22. The SMILES string of the molecule is CC(C)C[C@H](NS(=O)(=O)NCc1ccccc1)C(=O)N1CCC[C@H]1C(=O)NCc1cc(Cl)ccc1OCC(N)=O. The fraction of sp³-hybridized carbons (Fsp3) is 0.444. The number of ether oxygens (including phenoxy) is 1. The van der Waals surface area contributed by atoms with Gasteiger partial charge in [-0.25, -0.2) is 0 Å². The van der Waals surface area contributed by atoms with Crippen molar-refractivity contribution in [3.63, 3.8) is 0 Å². The van der Waals surface area contributed by atoms with E-state index in [2.05, 4.69) is 14.8 Å². The van der Waals surface area contributed by atoms with Crippen LogP contribution in [0.25, 0.3) is 0 Å². The van der Waals surface area contributed by atoms with E-state index in [0.717, 1.165) is 5.56 Å². The maximum absolute atomic E-state index is 13.6. The van der Waals surface area contributed by atoms with Crippen LogP contribution in [-0.4, -0.2) is 56.3 Å². The van der Waals surface area contributed by atoms with Gasteiger partial charge in [-0.15, -0.1) is 0 Å². The van der Waals surface area contributed by atoms with E-state index in [-0.39, 0.29) is 37.9 Å². The highest BCUT2D eigenvalue weighted by molar-refractivity contribution is 7.87. The number of nitrogens with zero attached hydrogens (tertiary/aromatic N) is 1. The summed E-state index contributed by atoms with van der Waals surface area (Å²) in [5.41, 5.74) is 6.47. The molecular weight excluding hydrogens is 558 g/mol.